The molecule has 0 unspecified atom stereocenters. The summed E-state index contributed by atoms with van der Waals surface area (Å²) in [6, 6.07) is 3.77. The monoisotopic (exact) mass is 376 g/mol. The highest BCUT2D eigenvalue weighted by Gasteiger charge is 2.35. The van der Waals surface area contributed by atoms with Crippen LogP contribution in [0.5, 0.6) is 0 Å². The Labute approximate surface area is 150 Å². The fraction of sp³-hybridized carbons (Fsp3) is 0.438. The van der Waals surface area contributed by atoms with E-state index in [4.69, 9.17) is 10.3 Å². The second-order valence-electron chi connectivity index (χ2n) is 6.60. The summed E-state index contributed by atoms with van der Waals surface area (Å²) in [5, 5.41) is 11.3. The van der Waals surface area contributed by atoms with Crippen molar-refractivity contribution < 1.29 is 12.9 Å². The third kappa shape index (κ3) is 2.65. The van der Waals surface area contributed by atoms with Gasteiger partial charge in [0.25, 0.3) is 0 Å². The number of sulfonamides is 1. The smallest absolute Gasteiger partial charge is 0.248 e. The van der Waals surface area contributed by atoms with E-state index >= 15 is 0 Å². The second-order valence-corrected chi connectivity index (χ2v) is 8.47. The van der Waals surface area contributed by atoms with E-state index < -0.39 is 10.0 Å². The standard InChI is InChI=1S/C16H20N6O3S/c1-9-14(10(2)25-21-9)26(23,24)22-7-3-4-11(8-22)13-6-5-12-15(17)19-20-16(12)18-13/h5-6,11H,3-4,7-8H2,1-2H3,(H3,17,18,19,20)/t11-/m0/s1. The Morgan fingerprint density at radius 2 is 2.15 bits per heavy atom. The van der Waals surface area contributed by atoms with E-state index in [-0.39, 0.29) is 10.8 Å². The zero-order valence-electron chi connectivity index (χ0n) is 14.6. The van der Waals surface area contributed by atoms with Gasteiger partial charge in [0.2, 0.25) is 10.0 Å². The third-order valence-corrected chi connectivity index (χ3v) is 6.95. The molecule has 0 radical (unpaired) electrons. The maximum Gasteiger partial charge on any atom is 0.248 e. The van der Waals surface area contributed by atoms with E-state index in [9.17, 15) is 8.42 Å². The van der Waals surface area contributed by atoms with E-state index in [1.165, 1.54) is 4.31 Å². The highest BCUT2D eigenvalue weighted by Crippen LogP contribution is 2.32. The highest BCUT2D eigenvalue weighted by atomic mass is 32.2. The number of aromatic nitrogens is 4. The van der Waals surface area contributed by atoms with Crippen molar-refractivity contribution >= 4 is 26.9 Å². The Kier molecular flexibility index (Phi) is 3.96. The molecule has 0 amide bonds. The zero-order valence-corrected chi connectivity index (χ0v) is 15.4. The number of aryl methyl sites for hydroxylation is 2. The van der Waals surface area contributed by atoms with Crippen molar-refractivity contribution in [3.05, 3.63) is 29.3 Å². The van der Waals surface area contributed by atoms with Crippen LogP contribution in [-0.2, 0) is 10.0 Å². The van der Waals surface area contributed by atoms with Crippen LogP contribution in [0.2, 0.25) is 0 Å². The van der Waals surface area contributed by atoms with Gasteiger partial charge in [0, 0.05) is 24.7 Å². The molecule has 3 N–H and O–H groups in total. The van der Waals surface area contributed by atoms with Crippen molar-refractivity contribution in [1.29, 1.82) is 0 Å². The van der Waals surface area contributed by atoms with Crippen molar-refractivity contribution in [3.63, 3.8) is 0 Å². The Hall–Kier alpha value is -2.46. The van der Waals surface area contributed by atoms with Gasteiger partial charge < -0.3 is 10.3 Å². The minimum atomic E-state index is -3.65. The third-order valence-electron chi connectivity index (χ3n) is 4.84. The summed E-state index contributed by atoms with van der Waals surface area (Å²) in [7, 11) is -3.65. The minimum absolute atomic E-state index is 0.00122. The average molecular weight is 376 g/mol. The lowest BCUT2D eigenvalue weighted by molar-refractivity contribution is 0.312. The van der Waals surface area contributed by atoms with Crippen LogP contribution in [0.25, 0.3) is 11.0 Å². The SMILES string of the molecule is Cc1noc(C)c1S(=O)(=O)N1CCC[C@H](c2ccc3c(N)[nH]nc3n2)C1. The summed E-state index contributed by atoms with van der Waals surface area (Å²) in [4.78, 5) is 4.73. The van der Waals surface area contributed by atoms with Gasteiger partial charge in [0.1, 0.15) is 16.4 Å². The van der Waals surface area contributed by atoms with Gasteiger partial charge in [0.05, 0.1) is 5.39 Å². The maximum atomic E-state index is 13.1. The summed E-state index contributed by atoms with van der Waals surface area (Å²) in [6.07, 6.45) is 1.63. The van der Waals surface area contributed by atoms with Gasteiger partial charge in [-0.2, -0.15) is 9.40 Å². The number of nitrogens with one attached hydrogen (secondary N) is 1. The van der Waals surface area contributed by atoms with Crippen molar-refractivity contribution in [2.75, 3.05) is 18.8 Å². The van der Waals surface area contributed by atoms with Crippen LogP contribution < -0.4 is 5.73 Å². The molecule has 3 aromatic rings. The lowest BCUT2D eigenvalue weighted by atomic mass is 9.95. The molecule has 1 aliphatic rings. The van der Waals surface area contributed by atoms with Gasteiger partial charge in [0.15, 0.2) is 11.4 Å². The molecule has 4 rings (SSSR count). The van der Waals surface area contributed by atoms with E-state index in [2.05, 4.69) is 20.3 Å². The number of nitrogens with zero attached hydrogens (tertiary/aromatic N) is 4. The topological polar surface area (TPSA) is 131 Å². The van der Waals surface area contributed by atoms with Crippen LogP contribution in [0, 0.1) is 13.8 Å². The number of hydrogen-bond acceptors (Lipinski definition) is 7. The molecule has 1 fully saturated rings. The number of aromatic amines is 1. The number of H-pyrrole nitrogens is 1. The fourth-order valence-electron chi connectivity index (χ4n) is 3.53. The Morgan fingerprint density at radius 3 is 2.88 bits per heavy atom. The quantitative estimate of drug-likeness (QED) is 0.711. The predicted molar refractivity (Wildman–Crippen MR) is 95.0 cm³/mol. The van der Waals surface area contributed by atoms with Gasteiger partial charge in [-0.3, -0.25) is 5.10 Å². The van der Waals surface area contributed by atoms with Gasteiger partial charge in [-0.1, -0.05) is 5.16 Å². The largest absolute Gasteiger partial charge is 0.384 e. The fourth-order valence-corrected chi connectivity index (χ4v) is 5.35. The van der Waals surface area contributed by atoms with Gasteiger partial charge >= 0.3 is 0 Å². The summed E-state index contributed by atoms with van der Waals surface area (Å²) < 4.78 is 32.6. The molecule has 3 aromatic heterocycles. The molecule has 9 nitrogen and oxygen atoms in total. The van der Waals surface area contributed by atoms with Crippen molar-refractivity contribution in [2.24, 2.45) is 0 Å². The van der Waals surface area contributed by atoms with Gasteiger partial charge in [-0.05, 0) is 38.8 Å². The normalized spacial score (nSPS) is 19.2. The molecule has 10 heteroatoms. The van der Waals surface area contributed by atoms with Crippen molar-refractivity contribution in [1.82, 2.24) is 24.6 Å². The molecule has 1 saturated heterocycles. The molecule has 0 bridgehead atoms. The van der Waals surface area contributed by atoms with E-state index in [0.717, 1.165) is 23.9 Å². The summed E-state index contributed by atoms with van der Waals surface area (Å²) in [5.74, 6) is 0.794. The number of pyridine rings is 1. The molecule has 0 spiro atoms. The number of rotatable bonds is 3. The van der Waals surface area contributed by atoms with Crippen LogP contribution >= 0.6 is 0 Å². The predicted octanol–water partition coefficient (Wildman–Crippen LogP) is 1.71. The van der Waals surface area contributed by atoms with Gasteiger partial charge in [-0.25, -0.2) is 13.4 Å². The molecular weight excluding hydrogens is 356 g/mol. The Bertz CT molecular complexity index is 1050. The second kappa shape index (κ2) is 6.06. The number of piperidine rings is 1. The number of anilines is 1. The summed E-state index contributed by atoms with van der Waals surface area (Å²) in [6.45, 7) is 4.10. The van der Waals surface area contributed by atoms with E-state index in [1.54, 1.807) is 13.8 Å². The van der Waals surface area contributed by atoms with Crippen molar-refractivity contribution in [3.8, 4) is 0 Å². The first-order valence-corrected chi connectivity index (χ1v) is 9.85. The molecule has 0 aromatic carbocycles. The first-order chi connectivity index (χ1) is 12.4. The number of nitrogens with two attached hydrogens (primary N) is 1. The number of fused-ring (bicyclic) bond motifs is 1. The molecule has 0 saturated carbocycles. The maximum absolute atomic E-state index is 13.1. The molecule has 4 heterocycles. The van der Waals surface area contributed by atoms with Crippen LogP contribution in [0.1, 0.15) is 35.9 Å². The Balaban J connectivity index is 1.64. The van der Waals surface area contributed by atoms with E-state index in [0.29, 0.717) is 36.0 Å². The number of hydrogen-bond donors (Lipinski definition) is 2. The highest BCUT2D eigenvalue weighted by molar-refractivity contribution is 7.89. The molecule has 1 aliphatic heterocycles. The molecular formula is C16H20N6O3S. The molecule has 0 aliphatic carbocycles. The molecule has 26 heavy (non-hydrogen) atoms. The summed E-state index contributed by atoms with van der Waals surface area (Å²) in [5.41, 5.74) is 7.56. The lowest BCUT2D eigenvalue weighted by Crippen LogP contribution is -2.39. The number of nitrogen functional groups attached to an aromatic ring is 1. The average Bonchev–Trinajstić information content (AvgIpc) is 3.17. The lowest BCUT2D eigenvalue weighted by Gasteiger charge is -2.31. The van der Waals surface area contributed by atoms with Crippen LogP contribution in [0.4, 0.5) is 5.82 Å². The van der Waals surface area contributed by atoms with E-state index in [1.807, 2.05) is 12.1 Å². The molecule has 1 atom stereocenters. The van der Waals surface area contributed by atoms with Crippen LogP contribution in [-0.4, -0.2) is 46.2 Å². The Morgan fingerprint density at radius 1 is 1.35 bits per heavy atom. The first kappa shape index (κ1) is 17.0. The minimum Gasteiger partial charge on any atom is -0.384 e. The van der Waals surface area contributed by atoms with Crippen LogP contribution in [0.3, 0.4) is 0 Å². The van der Waals surface area contributed by atoms with Gasteiger partial charge in [-0.15, -0.1) is 0 Å². The zero-order chi connectivity index (χ0) is 18.5. The first-order valence-electron chi connectivity index (χ1n) is 8.41. The molecule has 138 valence electrons. The van der Waals surface area contributed by atoms with Crippen LogP contribution in [0.15, 0.2) is 21.6 Å². The van der Waals surface area contributed by atoms with Crippen molar-refractivity contribution in [2.45, 2.75) is 37.5 Å². The summed E-state index contributed by atoms with van der Waals surface area (Å²) >= 11 is 0.